The first-order valence-electron chi connectivity index (χ1n) is 7.64. The number of hydrogen-bond acceptors (Lipinski definition) is 1. The summed E-state index contributed by atoms with van der Waals surface area (Å²) in [7, 11) is 0. The van der Waals surface area contributed by atoms with Crippen molar-refractivity contribution < 1.29 is 0 Å². The quantitative estimate of drug-likeness (QED) is 0.755. The van der Waals surface area contributed by atoms with Crippen LogP contribution >= 0.6 is 0 Å². The molecule has 0 saturated heterocycles. The van der Waals surface area contributed by atoms with Crippen LogP contribution in [0.4, 0.5) is 0 Å². The van der Waals surface area contributed by atoms with E-state index in [2.05, 4.69) is 55.5 Å². The Morgan fingerprint density at radius 2 is 2.00 bits per heavy atom. The van der Waals surface area contributed by atoms with Crippen LogP contribution in [0.25, 0.3) is 10.8 Å². The fourth-order valence-electron chi connectivity index (χ4n) is 3.70. The lowest BCUT2D eigenvalue weighted by atomic mass is 9.79. The average Bonchev–Trinajstić information content (AvgIpc) is 2.92. The third kappa shape index (κ3) is 2.31. The maximum Gasteiger partial charge on any atom is 0.0693 e. The highest BCUT2D eigenvalue weighted by molar-refractivity contribution is 5.85. The highest BCUT2D eigenvalue weighted by Gasteiger charge is 2.38. The first-order chi connectivity index (χ1) is 9.76. The van der Waals surface area contributed by atoms with Crippen molar-refractivity contribution in [3.63, 3.8) is 0 Å². The SMILES string of the molecule is CCC1CCC(C#N)(Cc2cccc3ccccc23)C1. The van der Waals surface area contributed by atoms with E-state index in [1.165, 1.54) is 29.2 Å². The molecule has 2 unspecified atom stereocenters. The minimum absolute atomic E-state index is 0.134. The van der Waals surface area contributed by atoms with Gasteiger partial charge in [-0.25, -0.2) is 0 Å². The Kier molecular flexibility index (Phi) is 3.49. The summed E-state index contributed by atoms with van der Waals surface area (Å²) in [5.74, 6) is 0.740. The number of rotatable bonds is 3. The molecule has 0 aliphatic heterocycles. The van der Waals surface area contributed by atoms with Crippen molar-refractivity contribution >= 4 is 10.8 Å². The van der Waals surface area contributed by atoms with Gasteiger partial charge in [-0.15, -0.1) is 0 Å². The van der Waals surface area contributed by atoms with Gasteiger partial charge >= 0.3 is 0 Å². The zero-order chi connectivity index (χ0) is 14.0. The van der Waals surface area contributed by atoms with Crippen LogP contribution in [-0.4, -0.2) is 0 Å². The molecule has 1 nitrogen and oxygen atoms in total. The Hall–Kier alpha value is -1.81. The van der Waals surface area contributed by atoms with Crippen molar-refractivity contribution in [1.82, 2.24) is 0 Å². The summed E-state index contributed by atoms with van der Waals surface area (Å²) in [5.41, 5.74) is 1.20. The highest BCUT2D eigenvalue weighted by atomic mass is 14.4. The van der Waals surface area contributed by atoms with Gasteiger partial charge in [-0.05, 0) is 47.9 Å². The molecule has 1 aliphatic rings. The van der Waals surface area contributed by atoms with Gasteiger partial charge in [0.2, 0.25) is 0 Å². The Morgan fingerprint density at radius 3 is 2.75 bits per heavy atom. The second-order valence-corrected chi connectivity index (χ2v) is 6.22. The number of nitriles is 1. The van der Waals surface area contributed by atoms with Crippen molar-refractivity contribution in [2.24, 2.45) is 11.3 Å². The summed E-state index contributed by atoms with van der Waals surface area (Å²) in [6, 6.07) is 17.6. The standard InChI is InChI=1S/C19H21N/c1-2-15-10-11-19(12-15,14-20)13-17-8-5-7-16-6-3-4-9-18(16)17/h3-9,15H,2,10-13H2,1H3. The topological polar surface area (TPSA) is 23.8 Å². The summed E-state index contributed by atoms with van der Waals surface area (Å²) in [5, 5.41) is 12.3. The van der Waals surface area contributed by atoms with Crippen LogP contribution in [0.15, 0.2) is 42.5 Å². The van der Waals surface area contributed by atoms with E-state index < -0.39 is 0 Å². The minimum atomic E-state index is -0.134. The van der Waals surface area contributed by atoms with Crippen LogP contribution < -0.4 is 0 Å². The van der Waals surface area contributed by atoms with Gasteiger partial charge in [0, 0.05) is 0 Å². The number of benzene rings is 2. The third-order valence-electron chi connectivity index (χ3n) is 4.93. The zero-order valence-corrected chi connectivity index (χ0v) is 12.1. The highest BCUT2D eigenvalue weighted by Crippen LogP contribution is 2.45. The van der Waals surface area contributed by atoms with E-state index in [0.717, 1.165) is 25.2 Å². The van der Waals surface area contributed by atoms with Crippen molar-refractivity contribution in [2.75, 3.05) is 0 Å². The van der Waals surface area contributed by atoms with Gasteiger partial charge in [0.1, 0.15) is 0 Å². The summed E-state index contributed by atoms with van der Waals surface area (Å²) in [6.07, 6.45) is 5.46. The molecule has 20 heavy (non-hydrogen) atoms. The molecule has 3 rings (SSSR count). The second-order valence-electron chi connectivity index (χ2n) is 6.22. The predicted octanol–water partition coefficient (Wildman–Crippen LogP) is 5.10. The van der Waals surface area contributed by atoms with Crippen LogP contribution in [0.1, 0.15) is 38.2 Å². The smallest absolute Gasteiger partial charge is 0.0693 e. The Balaban J connectivity index is 1.95. The molecular weight excluding hydrogens is 242 g/mol. The lowest BCUT2D eigenvalue weighted by Crippen LogP contribution is -2.18. The minimum Gasteiger partial charge on any atom is -0.198 e. The fourth-order valence-corrected chi connectivity index (χ4v) is 3.70. The maximum absolute atomic E-state index is 9.71. The van der Waals surface area contributed by atoms with Gasteiger partial charge in [-0.2, -0.15) is 5.26 Å². The molecule has 0 amide bonds. The molecule has 0 spiro atoms. The molecule has 0 heterocycles. The van der Waals surface area contributed by atoms with Crippen LogP contribution in [0.5, 0.6) is 0 Å². The van der Waals surface area contributed by atoms with Crippen molar-refractivity contribution in [2.45, 2.75) is 39.0 Å². The maximum atomic E-state index is 9.71. The van der Waals surface area contributed by atoms with Crippen molar-refractivity contribution in [3.8, 4) is 6.07 Å². The molecule has 102 valence electrons. The van der Waals surface area contributed by atoms with E-state index in [4.69, 9.17) is 0 Å². The Bertz CT molecular complexity index is 647. The molecule has 0 N–H and O–H groups in total. The Morgan fingerprint density at radius 1 is 1.20 bits per heavy atom. The van der Waals surface area contributed by atoms with E-state index >= 15 is 0 Å². The zero-order valence-electron chi connectivity index (χ0n) is 12.1. The Labute approximate surface area is 121 Å². The number of hydrogen-bond donors (Lipinski definition) is 0. The van der Waals surface area contributed by atoms with E-state index in [9.17, 15) is 5.26 Å². The molecule has 0 aromatic heterocycles. The molecule has 1 fully saturated rings. The predicted molar refractivity (Wildman–Crippen MR) is 83.3 cm³/mol. The van der Waals surface area contributed by atoms with Gasteiger partial charge < -0.3 is 0 Å². The normalized spacial score (nSPS) is 25.7. The van der Waals surface area contributed by atoms with Crippen LogP contribution in [-0.2, 0) is 6.42 Å². The fraction of sp³-hybridized carbons (Fsp3) is 0.421. The molecule has 2 aromatic carbocycles. The van der Waals surface area contributed by atoms with Gasteiger partial charge in [0.05, 0.1) is 11.5 Å². The molecule has 1 heteroatoms. The lowest BCUT2D eigenvalue weighted by Gasteiger charge is -2.22. The molecule has 1 aliphatic carbocycles. The first-order valence-corrected chi connectivity index (χ1v) is 7.64. The number of fused-ring (bicyclic) bond motifs is 1. The summed E-state index contributed by atoms with van der Waals surface area (Å²) in [4.78, 5) is 0. The van der Waals surface area contributed by atoms with Crippen molar-refractivity contribution in [1.29, 1.82) is 5.26 Å². The van der Waals surface area contributed by atoms with Gasteiger partial charge in [-0.1, -0.05) is 55.8 Å². The van der Waals surface area contributed by atoms with Crippen LogP contribution in [0, 0.1) is 22.7 Å². The van der Waals surface area contributed by atoms with Crippen LogP contribution in [0.3, 0.4) is 0 Å². The van der Waals surface area contributed by atoms with E-state index in [1.54, 1.807) is 0 Å². The van der Waals surface area contributed by atoms with Gasteiger partial charge in [0.25, 0.3) is 0 Å². The average molecular weight is 263 g/mol. The van der Waals surface area contributed by atoms with Gasteiger partial charge in [0.15, 0.2) is 0 Å². The largest absolute Gasteiger partial charge is 0.198 e. The van der Waals surface area contributed by atoms with E-state index in [0.29, 0.717) is 0 Å². The molecule has 0 radical (unpaired) electrons. The summed E-state index contributed by atoms with van der Waals surface area (Å²) in [6.45, 7) is 2.25. The molecule has 1 saturated carbocycles. The van der Waals surface area contributed by atoms with Crippen molar-refractivity contribution in [3.05, 3.63) is 48.0 Å². The third-order valence-corrected chi connectivity index (χ3v) is 4.93. The number of nitrogens with zero attached hydrogens (tertiary/aromatic N) is 1. The van der Waals surface area contributed by atoms with E-state index in [1.807, 2.05) is 0 Å². The summed E-state index contributed by atoms with van der Waals surface area (Å²) >= 11 is 0. The van der Waals surface area contributed by atoms with Crippen LogP contribution in [0.2, 0.25) is 0 Å². The summed E-state index contributed by atoms with van der Waals surface area (Å²) < 4.78 is 0. The van der Waals surface area contributed by atoms with Gasteiger partial charge in [-0.3, -0.25) is 0 Å². The molecule has 2 atom stereocenters. The first kappa shape index (κ1) is 13.2. The molecule has 2 aromatic rings. The monoisotopic (exact) mass is 263 g/mol. The van der Waals surface area contributed by atoms with E-state index in [-0.39, 0.29) is 5.41 Å². The lowest BCUT2D eigenvalue weighted by molar-refractivity contribution is 0.382. The molecule has 0 bridgehead atoms. The second kappa shape index (κ2) is 5.29. The molecular formula is C19H21N.